The molecule has 1 fully saturated rings. The van der Waals surface area contributed by atoms with Crippen LogP contribution in [-0.2, 0) is 4.79 Å². The number of carbonyl (C=O) groups excluding carboxylic acids is 1. The Bertz CT molecular complexity index is 359. The first-order chi connectivity index (χ1) is 7.25. The monoisotopic (exact) mass is 206 g/mol. The molecule has 0 aromatic heterocycles. The standard InChI is InChI=1S/C11H14N2O2/c14-9-4-1-3-8(7-9)13-11(15)10-5-2-6-12-10/h1,3-4,7,10,12,14H,2,5-6H2,(H,13,15)/t10-/m1/s1. The highest BCUT2D eigenvalue weighted by molar-refractivity contribution is 5.95. The zero-order chi connectivity index (χ0) is 10.7. The Morgan fingerprint density at radius 3 is 3.07 bits per heavy atom. The molecule has 1 amide bonds. The summed E-state index contributed by atoms with van der Waals surface area (Å²) in [5, 5.41) is 15.1. The normalized spacial score (nSPS) is 20.1. The van der Waals surface area contributed by atoms with E-state index in [0.29, 0.717) is 5.69 Å². The lowest BCUT2D eigenvalue weighted by molar-refractivity contribution is -0.117. The number of phenolic OH excluding ortho intramolecular Hbond substituents is 1. The molecule has 1 heterocycles. The third kappa shape index (κ3) is 2.47. The Balaban J connectivity index is 1.99. The molecule has 15 heavy (non-hydrogen) atoms. The molecule has 2 rings (SSSR count). The number of amides is 1. The maximum absolute atomic E-state index is 11.7. The van der Waals surface area contributed by atoms with Crippen molar-refractivity contribution in [2.75, 3.05) is 11.9 Å². The summed E-state index contributed by atoms with van der Waals surface area (Å²) in [6.07, 6.45) is 1.92. The highest BCUT2D eigenvalue weighted by Crippen LogP contribution is 2.16. The van der Waals surface area contributed by atoms with Gasteiger partial charge in [0.15, 0.2) is 0 Å². The minimum absolute atomic E-state index is 0.0295. The first kappa shape index (κ1) is 9.98. The molecule has 1 aliphatic rings. The first-order valence-corrected chi connectivity index (χ1v) is 5.09. The number of phenols is 1. The summed E-state index contributed by atoms with van der Waals surface area (Å²) in [5.74, 6) is 0.130. The molecular formula is C11H14N2O2. The van der Waals surface area contributed by atoms with E-state index in [2.05, 4.69) is 10.6 Å². The Morgan fingerprint density at radius 2 is 2.40 bits per heavy atom. The second kappa shape index (κ2) is 4.31. The van der Waals surface area contributed by atoms with Gasteiger partial charge in [0.2, 0.25) is 5.91 Å². The second-order valence-corrected chi connectivity index (χ2v) is 3.69. The van der Waals surface area contributed by atoms with Crippen LogP contribution in [0.15, 0.2) is 24.3 Å². The van der Waals surface area contributed by atoms with Gasteiger partial charge in [-0.3, -0.25) is 4.79 Å². The molecule has 1 saturated heterocycles. The zero-order valence-corrected chi connectivity index (χ0v) is 8.36. The molecule has 0 unspecified atom stereocenters. The van der Waals surface area contributed by atoms with E-state index in [1.54, 1.807) is 18.2 Å². The average molecular weight is 206 g/mol. The van der Waals surface area contributed by atoms with Crippen molar-refractivity contribution < 1.29 is 9.90 Å². The van der Waals surface area contributed by atoms with Gasteiger partial charge in [0, 0.05) is 11.8 Å². The van der Waals surface area contributed by atoms with Crippen LogP contribution in [0.5, 0.6) is 5.75 Å². The summed E-state index contributed by atoms with van der Waals surface area (Å²) in [6, 6.07) is 6.47. The highest BCUT2D eigenvalue weighted by atomic mass is 16.3. The van der Waals surface area contributed by atoms with E-state index in [1.165, 1.54) is 6.07 Å². The fourth-order valence-corrected chi connectivity index (χ4v) is 1.72. The van der Waals surface area contributed by atoms with Gasteiger partial charge in [-0.1, -0.05) is 6.07 Å². The molecule has 80 valence electrons. The fraction of sp³-hybridized carbons (Fsp3) is 0.364. The number of carbonyl (C=O) groups is 1. The van der Waals surface area contributed by atoms with Crippen LogP contribution in [0.1, 0.15) is 12.8 Å². The van der Waals surface area contributed by atoms with Gasteiger partial charge < -0.3 is 15.7 Å². The molecule has 3 N–H and O–H groups in total. The topological polar surface area (TPSA) is 61.4 Å². The van der Waals surface area contributed by atoms with Gasteiger partial charge in [-0.05, 0) is 31.5 Å². The summed E-state index contributed by atoms with van der Waals surface area (Å²) in [5.41, 5.74) is 0.633. The van der Waals surface area contributed by atoms with Crippen molar-refractivity contribution in [2.24, 2.45) is 0 Å². The number of hydrogen-bond donors (Lipinski definition) is 3. The second-order valence-electron chi connectivity index (χ2n) is 3.69. The SMILES string of the molecule is O=C(Nc1cccc(O)c1)[C@H]1CCCN1. The van der Waals surface area contributed by atoms with Crippen LogP contribution in [0.3, 0.4) is 0 Å². The molecule has 0 spiro atoms. The molecule has 1 aliphatic heterocycles. The number of rotatable bonds is 2. The third-order valence-electron chi connectivity index (χ3n) is 2.49. The van der Waals surface area contributed by atoms with Crippen LogP contribution in [0, 0.1) is 0 Å². The Kier molecular flexibility index (Phi) is 2.87. The summed E-state index contributed by atoms with van der Waals surface area (Å²) < 4.78 is 0. The van der Waals surface area contributed by atoms with Crippen molar-refractivity contribution in [2.45, 2.75) is 18.9 Å². The largest absolute Gasteiger partial charge is 0.508 e. The van der Waals surface area contributed by atoms with Gasteiger partial charge in [-0.15, -0.1) is 0 Å². The van der Waals surface area contributed by atoms with Gasteiger partial charge in [0.05, 0.1) is 6.04 Å². The maximum atomic E-state index is 11.7. The van der Waals surface area contributed by atoms with Crippen molar-refractivity contribution in [1.82, 2.24) is 5.32 Å². The van der Waals surface area contributed by atoms with Crippen molar-refractivity contribution >= 4 is 11.6 Å². The Morgan fingerprint density at radius 1 is 1.53 bits per heavy atom. The quantitative estimate of drug-likeness (QED) is 0.678. The molecule has 1 aromatic carbocycles. The molecule has 4 nitrogen and oxygen atoms in total. The van der Waals surface area contributed by atoms with E-state index in [-0.39, 0.29) is 17.7 Å². The minimum Gasteiger partial charge on any atom is -0.508 e. The number of aromatic hydroxyl groups is 1. The van der Waals surface area contributed by atoms with Gasteiger partial charge >= 0.3 is 0 Å². The number of hydrogen-bond acceptors (Lipinski definition) is 3. The van der Waals surface area contributed by atoms with Gasteiger partial charge in [-0.2, -0.15) is 0 Å². The van der Waals surface area contributed by atoms with E-state index in [9.17, 15) is 9.90 Å². The van der Waals surface area contributed by atoms with Crippen LogP contribution in [0.4, 0.5) is 5.69 Å². The summed E-state index contributed by atoms with van der Waals surface area (Å²) >= 11 is 0. The average Bonchev–Trinajstić information content (AvgIpc) is 2.70. The Hall–Kier alpha value is -1.55. The molecular weight excluding hydrogens is 192 g/mol. The molecule has 0 radical (unpaired) electrons. The predicted molar refractivity (Wildman–Crippen MR) is 57.8 cm³/mol. The number of anilines is 1. The van der Waals surface area contributed by atoms with E-state index in [1.807, 2.05) is 0 Å². The third-order valence-corrected chi connectivity index (χ3v) is 2.49. The summed E-state index contributed by atoms with van der Waals surface area (Å²) in [7, 11) is 0. The lowest BCUT2D eigenvalue weighted by atomic mass is 10.2. The van der Waals surface area contributed by atoms with Gasteiger partial charge in [0.25, 0.3) is 0 Å². The van der Waals surface area contributed by atoms with Crippen LogP contribution in [0.2, 0.25) is 0 Å². The van der Waals surface area contributed by atoms with Crippen LogP contribution < -0.4 is 10.6 Å². The van der Waals surface area contributed by atoms with Crippen molar-refractivity contribution in [3.63, 3.8) is 0 Å². The number of nitrogens with one attached hydrogen (secondary N) is 2. The molecule has 0 aliphatic carbocycles. The predicted octanol–water partition coefficient (Wildman–Crippen LogP) is 1.08. The first-order valence-electron chi connectivity index (χ1n) is 5.09. The van der Waals surface area contributed by atoms with E-state index >= 15 is 0 Å². The lowest BCUT2D eigenvalue weighted by Gasteiger charge is -2.10. The smallest absolute Gasteiger partial charge is 0.241 e. The fourth-order valence-electron chi connectivity index (χ4n) is 1.72. The molecule has 0 bridgehead atoms. The van der Waals surface area contributed by atoms with Crippen LogP contribution in [-0.4, -0.2) is 23.6 Å². The van der Waals surface area contributed by atoms with Crippen molar-refractivity contribution in [1.29, 1.82) is 0 Å². The van der Waals surface area contributed by atoms with Crippen LogP contribution >= 0.6 is 0 Å². The van der Waals surface area contributed by atoms with Crippen LogP contribution in [0.25, 0.3) is 0 Å². The Labute approximate surface area is 88.3 Å². The van der Waals surface area contributed by atoms with E-state index in [4.69, 9.17) is 0 Å². The molecule has 0 saturated carbocycles. The molecule has 4 heteroatoms. The zero-order valence-electron chi connectivity index (χ0n) is 8.36. The summed E-state index contributed by atoms with van der Waals surface area (Å²) in [6.45, 7) is 0.901. The van der Waals surface area contributed by atoms with Gasteiger partial charge in [-0.25, -0.2) is 0 Å². The molecule has 1 aromatic rings. The highest BCUT2D eigenvalue weighted by Gasteiger charge is 2.21. The van der Waals surface area contributed by atoms with Gasteiger partial charge in [0.1, 0.15) is 5.75 Å². The van der Waals surface area contributed by atoms with E-state index in [0.717, 1.165) is 19.4 Å². The lowest BCUT2D eigenvalue weighted by Crippen LogP contribution is -2.35. The molecule has 1 atom stereocenters. The minimum atomic E-state index is -0.0904. The van der Waals surface area contributed by atoms with Crippen molar-refractivity contribution in [3.05, 3.63) is 24.3 Å². The number of benzene rings is 1. The summed E-state index contributed by atoms with van der Waals surface area (Å²) in [4.78, 5) is 11.7. The maximum Gasteiger partial charge on any atom is 0.241 e. The van der Waals surface area contributed by atoms with E-state index < -0.39 is 0 Å². The van der Waals surface area contributed by atoms with Crippen molar-refractivity contribution in [3.8, 4) is 5.75 Å².